The molecule has 0 aliphatic heterocycles. The molecule has 0 aliphatic carbocycles. The van der Waals surface area contributed by atoms with Gasteiger partial charge in [-0.2, -0.15) is 0 Å². The summed E-state index contributed by atoms with van der Waals surface area (Å²) in [6.07, 6.45) is 0. The zero-order chi connectivity index (χ0) is 32.6. The smallest absolute Gasteiger partial charge is 0.235 e. The van der Waals surface area contributed by atoms with Crippen molar-refractivity contribution in [3.63, 3.8) is 0 Å². The van der Waals surface area contributed by atoms with Crippen LogP contribution in [0.3, 0.4) is 0 Å². The lowest BCUT2D eigenvalue weighted by Gasteiger charge is -2.28. The van der Waals surface area contributed by atoms with Crippen molar-refractivity contribution >= 4 is 49.8 Å². The Hall–Kier alpha value is -6.58. The van der Waals surface area contributed by atoms with Gasteiger partial charge in [-0.25, -0.2) is 9.97 Å². The van der Waals surface area contributed by atoms with Crippen LogP contribution >= 0.6 is 0 Å². The summed E-state index contributed by atoms with van der Waals surface area (Å²) in [5.41, 5.74) is 9.41. The molecule has 0 fully saturated rings. The molecule has 0 bridgehead atoms. The molecule has 3 nitrogen and oxygen atoms in total. The summed E-state index contributed by atoms with van der Waals surface area (Å²) in [6, 6.07) is 66.2. The van der Waals surface area contributed by atoms with E-state index >= 15 is 0 Å². The van der Waals surface area contributed by atoms with Crippen molar-refractivity contribution in [3.8, 4) is 33.5 Å². The van der Waals surface area contributed by atoms with Crippen LogP contribution in [0.4, 0.5) is 17.3 Å². The van der Waals surface area contributed by atoms with Crippen molar-refractivity contribution in [2.24, 2.45) is 0 Å². The van der Waals surface area contributed by atoms with Crippen molar-refractivity contribution in [1.82, 2.24) is 9.97 Å². The van der Waals surface area contributed by atoms with Crippen LogP contribution in [-0.2, 0) is 0 Å². The largest absolute Gasteiger partial charge is 0.278 e. The standard InChI is InChI=1S/C46H31N3/c1-4-15-32(16-5-1)37-28-30-43(40(31-37)34-17-6-2-7-18-34)49(42-26-14-23-33-19-10-12-24-38(33)42)46-47-41-29-27-35-20-11-13-25-39(35)44(41)45(48-46)36-21-8-3-9-22-36/h1-31H. The molecule has 1 heterocycles. The van der Waals surface area contributed by atoms with Crippen LogP contribution in [0.2, 0.25) is 0 Å². The van der Waals surface area contributed by atoms with Crippen molar-refractivity contribution in [2.75, 3.05) is 4.90 Å². The summed E-state index contributed by atoms with van der Waals surface area (Å²) in [5.74, 6) is 0.614. The van der Waals surface area contributed by atoms with Crippen LogP contribution in [0.5, 0.6) is 0 Å². The van der Waals surface area contributed by atoms with Crippen molar-refractivity contribution < 1.29 is 0 Å². The van der Waals surface area contributed by atoms with Gasteiger partial charge in [-0.15, -0.1) is 0 Å². The van der Waals surface area contributed by atoms with Crippen molar-refractivity contribution in [1.29, 1.82) is 0 Å². The average Bonchev–Trinajstić information content (AvgIpc) is 3.19. The van der Waals surface area contributed by atoms with Crippen LogP contribution in [0.1, 0.15) is 0 Å². The molecule has 9 aromatic rings. The van der Waals surface area contributed by atoms with Gasteiger partial charge in [0.25, 0.3) is 0 Å². The Morgan fingerprint density at radius 3 is 1.69 bits per heavy atom. The van der Waals surface area contributed by atoms with Gasteiger partial charge in [0, 0.05) is 21.9 Å². The van der Waals surface area contributed by atoms with Gasteiger partial charge in [-0.05, 0) is 57.1 Å². The number of hydrogen-bond donors (Lipinski definition) is 0. The molecule has 8 aromatic carbocycles. The summed E-state index contributed by atoms with van der Waals surface area (Å²) >= 11 is 0. The van der Waals surface area contributed by atoms with Gasteiger partial charge in [0.2, 0.25) is 5.95 Å². The van der Waals surface area contributed by atoms with Gasteiger partial charge in [-0.1, -0.05) is 164 Å². The van der Waals surface area contributed by atoms with Gasteiger partial charge in [0.15, 0.2) is 0 Å². The van der Waals surface area contributed by atoms with E-state index in [1.54, 1.807) is 0 Å². The molecule has 1 aromatic heterocycles. The molecule has 0 N–H and O–H groups in total. The zero-order valence-electron chi connectivity index (χ0n) is 26.7. The first-order valence-corrected chi connectivity index (χ1v) is 16.6. The van der Waals surface area contributed by atoms with Crippen LogP contribution in [0.25, 0.3) is 66.0 Å². The monoisotopic (exact) mass is 625 g/mol. The number of rotatable bonds is 6. The minimum Gasteiger partial charge on any atom is -0.278 e. The maximum atomic E-state index is 5.51. The second-order valence-corrected chi connectivity index (χ2v) is 12.2. The number of benzene rings is 8. The lowest BCUT2D eigenvalue weighted by atomic mass is 9.96. The third-order valence-corrected chi connectivity index (χ3v) is 9.26. The van der Waals surface area contributed by atoms with Crippen molar-refractivity contribution in [3.05, 3.63) is 188 Å². The highest BCUT2D eigenvalue weighted by Crippen LogP contribution is 2.45. The molecule has 3 heteroatoms. The number of aromatic nitrogens is 2. The Labute approximate surface area is 285 Å². The SMILES string of the molecule is c1ccc(-c2ccc(N(c3nc(-c4ccccc4)c4c(ccc5ccccc54)n3)c3cccc4ccccc34)c(-c3ccccc3)c2)cc1. The summed E-state index contributed by atoms with van der Waals surface area (Å²) < 4.78 is 0. The molecular formula is C46H31N3. The predicted octanol–water partition coefficient (Wildman–Crippen LogP) is 12.4. The first kappa shape index (κ1) is 28.6. The minimum absolute atomic E-state index is 0.614. The molecule has 0 radical (unpaired) electrons. The van der Waals surface area contributed by atoms with Gasteiger partial charge in [-0.3, -0.25) is 4.90 Å². The Bertz CT molecular complexity index is 2590. The van der Waals surface area contributed by atoms with E-state index in [-0.39, 0.29) is 0 Å². The first-order chi connectivity index (χ1) is 24.3. The summed E-state index contributed by atoms with van der Waals surface area (Å²) in [4.78, 5) is 13.2. The third-order valence-electron chi connectivity index (χ3n) is 9.26. The number of nitrogens with zero attached hydrogens (tertiary/aromatic N) is 3. The van der Waals surface area contributed by atoms with Crippen LogP contribution < -0.4 is 4.90 Å². The average molecular weight is 626 g/mol. The summed E-state index contributed by atoms with van der Waals surface area (Å²) in [7, 11) is 0. The molecule has 0 saturated carbocycles. The number of fused-ring (bicyclic) bond motifs is 4. The Morgan fingerprint density at radius 1 is 0.367 bits per heavy atom. The molecule has 49 heavy (non-hydrogen) atoms. The van der Waals surface area contributed by atoms with Crippen LogP contribution in [-0.4, -0.2) is 9.97 Å². The summed E-state index contributed by atoms with van der Waals surface area (Å²) in [5, 5.41) is 5.63. The van der Waals surface area contributed by atoms with Crippen molar-refractivity contribution in [2.45, 2.75) is 0 Å². The van der Waals surface area contributed by atoms with Gasteiger partial charge >= 0.3 is 0 Å². The number of anilines is 3. The predicted molar refractivity (Wildman–Crippen MR) is 206 cm³/mol. The summed E-state index contributed by atoms with van der Waals surface area (Å²) in [6.45, 7) is 0. The zero-order valence-corrected chi connectivity index (χ0v) is 26.7. The Kier molecular flexibility index (Phi) is 7.14. The normalized spacial score (nSPS) is 11.3. The van der Waals surface area contributed by atoms with E-state index in [4.69, 9.17) is 9.97 Å². The van der Waals surface area contributed by atoms with Gasteiger partial charge < -0.3 is 0 Å². The highest BCUT2D eigenvalue weighted by molar-refractivity contribution is 6.13. The third kappa shape index (κ3) is 5.18. The van der Waals surface area contributed by atoms with Crippen LogP contribution in [0.15, 0.2) is 188 Å². The fourth-order valence-electron chi connectivity index (χ4n) is 6.93. The maximum Gasteiger partial charge on any atom is 0.235 e. The molecule has 230 valence electrons. The fraction of sp³-hybridized carbons (Fsp3) is 0. The van der Waals surface area contributed by atoms with E-state index in [9.17, 15) is 0 Å². The van der Waals surface area contributed by atoms with E-state index in [2.05, 4.69) is 193 Å². The Balaban J connectivity index is 1.39. The second-order valence-electron chi connectivity index (χ2n) is 12.2. The fourth-order valence-corrected chi connectivity index (χ4v) is 6.93. The van der Waals surface area contributed by atoms with Gasteiger partial charge in [0.1, 0.15) is 0 Å². The Morgan fingerprint density at radius 2 is 0.959 bits per heavy atom. The second kappa shape index (κ2) is 12.2. The van der Waals surface area contributed by atoms with E-state index in [0.29, 0.717) is 5.95 Å². The first-order valence-electron chi connectivity index (χ1n) is 16.6. The molecule has 0 aliphatic rings. The van der Waals surface area contributed by atoms with E-state index in [0.717, 1.165) is 71.8 Å². The molecule has 0 amide bonds. The highest BCUT2D eigenvalue weighted by Gasteiger charge is 2.24. The van der Waals surface area contributed by atoms with Gasteiger partial charge in [0.05, 0.1) is 22.6 Å². The number of hydrogen-bond acceptors (Lipinski definition) is 3. The molecule has 9 rings (SSSR count). The quantitative estimate of drug-likeness (QED) is 0.172. The molecule has 0 spiro atoms. The minimum atomic E-state index is 0.614. The molecule has 0 atom stereocenters. The lowest BCUT2D eigenvalue weighted by Crippen LogP contribution is -2.15. The van der Waals surface area contributed by atoms with E-state index in [1.165, 1.54) is 5.56 Å². The highest BCUT2D eigenvalue weighted by atomic mass is 15.3. The molecule has 0 saturated heterocycles. The van der Waals surface area contributed by atoms with E-state index in [1.807, 2.05) is 0 Å². The molecule has 0 unspecified atom stereocenters. The van der Waals surface area contributed by atoms with E-state index < -0.39 is 0 Å². The maximum absolute atomic E-state index is 5.51. The topological polar surface area (TPSA) is 29.0 Å². The lowest BCUT2D eigenvalue weighted by molar-refractivity contribution is 1.12. The molecular weight excluding hydrogens is 595 g/mol. The van der Waals surface area contributed by atoms with Crippen LogP contribution in [0, 0.1) is 0 Å².